The first-order valence-corrected chi connectivity index (χ1v) is 5.54. The summed E-state index contributed by atoms with van der Waals surface area (Å²) in [6.07, 6.45) is 0. The molecular formula is C12H13F2N5. The van der Waals surface area contributed by atoms with Gasteiger partial charge in [-0.2, -0.15) is 0 Å². The van der Waals surface area contributed by atoms with E-state index in [1.54, 1.807) is 6.92 Å². The Hall–Kier alpha value is -2.28. The molecule has 2 aromatic rings. The van der Waals surface area contributed by atoms with Crippen LogP contribution in [0.5, 0.6) is 0 Å². The van der Waals surface area contributed by atoms with Gasteiger partial charge in [-0.15, -0.1) is 0 Å². The van der Waals surface area contributed by atoms with Crippen LogP contribution in [0.2, 0.25) is 0 Å². The first kappa shape index (κ1) is 13.2. The molecule has 0 bridgehead atoms. The average Bonchev–Trinajstić information content (AvgIpc) is 2.35. The van der Waals surface area contributed by atoms with E-state index >= 15 is 0 Å². The highest BCUT2D eigenvalue weighted by Gasteiger charge is 2.09. The SMILES string of the molecule is Cc1nc(NN)cc(Nc2cc(F)c(C)cc2F)n1. The van der Waals surface area contributed by atoms with Crippen LogP contribution in [0.4, 0.5) is 26.1 Å². The fraction of sp³-hybridized carbons (Fsp3) is 0.167. The van der Waals surface area contributed by atoms with Gasteiger partial charge in [0.25, 0.3) is 0 Å². The molecule has 5 nitrogen and oxygen atoms in total. The maximum absolute atomic E-state index is 13.7. The molecule has 2 rings (SSSR count). The first-order valence-electron chi connectivity index (χ1n) is 5.54. The van der Waals surface area contributed by atoms with Crippen LogP contribution in [0, 0.1) is 25.5 Å². The minimum atomic E-state index is -0.558. The van der Waals surface area contributed by atoms with Crippen molar-refractivity contribution >= 4 is 17.3 Å². The minimum Gasteiger partial charge on any atom is -0.338 e. The number of rotatable bonds is 3. The summed E-state index contributed by atoms with van der Waals surface area (Å²) < 4.78 is 27.1. The van der Waals surface area contributed by atoms with Crippen LogP contribution in [0.3, 0.4) is 0 Å². The zero-order valence-corrected chi connectivity index (χ0v) is 10.5. The van der Waals surface area contributed by atoms with Crippen LogP contribution in [0.15, 0.2) is 18.2 Å². The molecule has 0 radical (unpaired) electrons. The quantitative estimate of drug-likeness (QED) is 0.587. The average molecular weight is 265 g/mol. The third-order valence-electron chi connectivity index (χ3n) is 2.50. The molecule has 1 aromatic heterocycles. The van der Waals surface area contributed by atoms with E-state index < -0.39 is 11.6 Å². The second-order valence-electron chi connectivity index (χ2n) is 4.04. The Labute approximate surface area is 108 Å². The van der Waals surface area contributed by atoms with Crippen molar-refractivity contribution in [3.05, 3.63) is 41.2 Å². The van der Waals surface area contributed by atoms with Crippen molar-refractivity contribution in [3.8, 4) is 0 Å². The Morgan fingerprint density at radius 3 is 2.37 bits per heavy atom. The molecule has 0 aliphatic heterocycles. The Balaban J connectivity index is 2.36. The fourth-order valence-electron chi connectivity index (χ4n) is 1.59. The number of benzene rings is 1. The van der Waals surface area contributed by atoms with E-state index in [4.69, 9.17) is 5.84 Å². The number of hydrazine groups is 1. The lowest BCUT2D eigenvalue weighted by Gasteiger charge is -2.10. The number of halogens is 2. The van der Waals surface area contributed by atoms with Gasteiger partial charge >= 0.3 is 0 Å². The van der Waals surface area contributed by atoms with Crippen molar-refractivity contribution in [1.29, 1.82) is 0 Å². The van der Waals surface area contributed by atoms with Crippen LogP contribution >= 0.6 is 0 Å². The Morgan fingerprint density at radius 1 is 1.00 bits per heavy atom. The van der Waals surface area contributed by atoms with Crippen LogP contribution < -0.4 is 16.6 Å². The van der Waals surface area contributed by atoms with E-state index in [1.807, 2.05) is 0 Å². The number of aryl methyl sites for hydroxylation is 2. The van der Waals surface area contributed by atoms with E-state index in [9.17, 15) is 8.78 Å². The van der Waals surface area contributed by atoms with E-state index in [2.05, 4.69) is 20.7 Å². The number of anilines is 3. The predicted molar refractivity (Wildman–Crippen MR) is 69.0 cm³/mol. The number of hydrogen-bond donors (Lipinski definition) is 3. The van der Waals surface area contributed by atoms with Crippen molar-refractivity contribution in [3.63, 3.8) is 0 Å². The molecular weight excluding hydrogens is 252 g/mol. The Kier molecular flexibility index (Phi) is 3.57. The zero-order chi connectivity index (χ0) is 14.0. The van der Waals surface area contributed by atoms with Crippen molar-refractivity contribution in [2.75, 3.05) is 10.7 Å². The van der Waals surface area contributed by atoms with Gasteiger partial charge in [0, 0.05) is 12.1 Å². The summed E-state index contributed by atoms with van der Waals surface area (Å²) in [6, 6.07) is 3.69. The maximum atomic E-state index is 13.7. The lowest BCUT2D eigenvalue weighted by atomic mass is 10.2. The number of nitrogens with zero attached hydrogens (tertiary/aromatic N) is 2. The highest BCUT2D eigenvalue weighted by Crippen LogP contribution is 2.23. The van der Waals surface area contributed by atoms with Crippen molar-refractivity contribution in [2.45, 2.75) is 13.8 Å². The highest BCUT2D eigenvalue weighted by atomic mass is 19.1. The summed E-state index contributed by atoms with van der Waals surface area (Å²) in [5.74, 6) is 5.35. The monoisotopic (exact) mass is 265 g/mol. The largest absolute Gasteiger partial charge is 0.338 e. The topological polar surface area (TPSA) is 75.9 Å². The second-order valence-corrected chi connectivity index (χ2v) is 4.04. The molecule has 0 atom stereocenters. The molecule has 1 heterocycles. The van der Waals surface area contributed by atoms with Crippen molar-refractivity contribution in [1.82, 2.24) is 9.97 Å². The maximum Gasteiger partial charge on any atom is 0.147 e. The molecule has 0 unspecified atom stereocenters. The van der Waals surface area contributed by atoms with Gasteiger partial charge in [0.15, 0.2) is 0 Å². The lowest BCUT2D eigenvalue weighted by molar-refractivity contribution is 0.595. The van der Waals surface area contributed by atoms with Gasteiger partial charge in [-0.1, -0.05) is 0 Å². The van der Waals surface area contributed by atoms with E-state index in [0.717, 1.165) is 12.1 Å². The third kappa shape index (κ3) is 2.94. The van der Waals surface area contributed by atoms with E-state index in [-0.39, 0.29) is 11.3 Å². The standard InChI is InChI=1S/C12H13F2N5/c1-6-3-9(14)10(4-8(6)13)18-11-5-12(19-15)17-7(2)16-11/h3-5H,15H2,1-2H3,(H2,16,17,18,19). The number of nitrogen functional groups attached to an aromatic ring is 1. The van der Waals surface area contributed by atoms with E-state index in [1.165, 1.54) is 13.0 Å². The molecule has 0 amide bonds. The summed E-state index contributed by atoms with van der Waals surface area (Å²) in [5, 5.41) is 2.69. The molecule has 0 aliphatic carbocycles. The van der Waals surface area contributed by atoms with Crippen LogP contribution in [-0.2, 0) is 0 Å². The number of nitrogens with two attached hydrogens (primary N) is 1. The summed E-state index contributed by atoms with van der Waals surface area (Å²) in [6.45, 7) is 3.16. The van der Waals surface area contributed by atoms with E-state index in [0.29, 0.717) is 17.5 Å². The van der Waals surface area contributed by atoms with Crippen LogP contribution in [0.1, 0.15) is 11.4 Å². The summed E-state index contributed by atoms with van der Waals surface area (Å²) in [4.78, 5) is 8.06. The van der Waals surface area contributed by atoms with Gasteiger partial charge in [-0.3, -0.25) is 0 Å². The summed E-state index contributed by atoms with van der Waals surface area (Å²) in [5.41, 5.74) is 2.62. The normalized spacial score (nSPS) is 10.4. The molecule has 1 aromatic carbocycles. The highest BCUT2D eigenvalue weighted by molar-refractivity contribution is 5.60. The molecule has 4 N–H and O–H groups in total. The predicted octanol–water partition coefficient (Wildman–Crippen LogP) is 2.40. The van der Waals surface area contributed by atoms with Crippen molar-refractivity contribution in [2.24, 2.45) is 5.84 Å². The number of hydrogen-bond acceptors (Lipinski definition) is 5. The van der Waals surface area contributed by atoms with Crippen LogP contribution in [0.25, 0.3) is 0 Å². The minimum absolute atomic E-state index is 0.00386. The van der Waals surface area contributed by atoms with Gasteiger partial charge < -0.3 is 10.7 Å². The number of nitrogens with one attached hydrogen (secondary N) is 2. The fourth-order valence-corrected chi connectivity index (χ4v) is 1.59. The van der Waals surface area contributed by atoms with Gasteiger partial charge in [0.1, 0.15) is 29.1 Å². The Bertz CT molecular complexity index is 615. The number of aromatic nitrogens is 2. The van der Waals surface area contributed by atoms with Crippen molar-refractivity contribution < 1.29 is 8.78 Å². The summed E-state index contributed by atoms with van der Waals surface area (Å²) >= 11 is 0. The first-order chi connectivity index (χ1) is 8.99. The Morgan fingerprint density at radius 2 is 1.68 bits per heavy atom. The molecule has 0 spiro atoms. The molecule has 7 heteroatoms. The molecule has 100 valence electrons. The molecule has 19 heavy (non-hydrogen) atoms. The molecule has 0 fully saturated rings. The zero-order valence-electron chi connectivity index (χ0n) is 10.5. The molecule has 0 aliphatic rings. The molecule has 0 saturated carbocycles. The van der Waals surface area contributed by atoms with Gasteiger partial charge in [-0.25, -0.2) is 24.6 Å². The van der Waals surface area contributed by atoms with Gasteiger partial charge in [-0.05, 0) is 25.5 Å². The smallest absolute Gasteiger partial charge is 0.147 e. The van der Waals surface area contributed by atoms with Gasteiger partial charge in [0.2, 0.25) is 0 Å². The molecule has 0 saturated heterocycles. The second kappa shape index (κ2) is 5.15. The lowest BCUT2D eigenvalue weighted by Crippen LogP contribution is -2.10. The summed E-state index contributed by atoms with van der Waals surface area (Å²) in [7, 11) is 0. The van der Waals surface area contributed by atoms with Gasteiger partial charge in [0.05, 0.1) is 5.69 Å². The third-order valence-corrected chi connectivity index (χ3v) is 2.50. The van der Waals surface area contributed by atoms with Crippen LogP contribution in [-0.4, -0.2) is 9.97 Å².